The lowest BCUT2D eigenvalue weighted by Gasteiger charge is -2.34. The zero-order valence-corrected chi connectivity index (χ0v) is 23.7. The maximum atomic E-state index is 14.0. The predicted octanol–water partition coefficient (Wildman–Crippen LogP) is 4.85. The lowest BCUT2D eigenvalue weighted by atomic mass is 9.72. The SMILES string of the molecule is CC(=Cc1csc(CO)n1)[C@H]1C/C=C(/C(F)(F)F)CC2CC2[C@@H](C)[C@H](O)[C@@H](C)C(=O)C(C)(C)[C@@H](O)CC(=O)O1. The summed E-state index contributed by atoms with van der Waals surface area (Å²) in [4.78, 5) is 30.4. The molecule has 2 heterocycles. The first-order valence-corrected chi connectivity index (χ1v) is 14.0. The van der Waals surface area contributed by atoms with Crippen LogP contribution in [0.25, 0.3) is 6.08 Å². The summed E-state index contributed by atoms with van der Waals surface area (Å²) in [5.74, 6) is -3.05. The lowest BCUT2D eigenvalue weighted by Crippen LogP contribution is -2.46. The molecule has 1 fully saturated rings. The molecule has 1 aliphatic heterocycles. The van der Waals surface area contributed by atoms with E-state index >= 15 is 0 Å². The zero-order valence-electron chi connectivity index (χ0n) is 22.9. The first-order chi connectivity index (χ1) is 18.1. The number of allylic oxidation sites excluding steroid dienone is 1. The normalized spacial score (nSPS) is 34.6. The Balaban J connectivity index is 1.98. The van der Waals surface area contributed by atoms with Gasteiger partial charge in [-0.3, -0.25) is 9.59 Å². The van der Waals surface area contributed by atoms with Gasteiger partial charge in [0.25, 0.3) is 0 Å². The minimum atomic E-state index is -4.58. The number of alkyl halides is 3. The number of halogens is 3. The Morgan fingerprint density at radius 1 is 1.23 bits per heavy atom. The second kappa shape index (κ2) is 12.2. The second-order valence-electron chi connectivity index (χ2n) is 11.5. The largest absolute Gasteiger partial charge is 0.457 e. The molecule has 2 unspecified atom stereocenters. The summed E-state index contributed by atoms with van der Waals surface area (Å²) in [7, 11) is 0. The van der Waals surface area contributed by atoms with Gasteiger partial charge in [-0.2, -0.15) is 13.2 Å². The van der Waals surface area contributed by atoms with Gasteiger partial charge in [-0.25, -0.2) is 4.98 Å². The molecule has 39 heavy (non-hydrogen) atoms. The van der Waals surface area contributed by atoms with Crippen LogP contribution in [0.5, 0.6) is 0 Å². The van der Waals surface area contributed by atoms with Gasteiger partial charge in [0.05, 0.1) is 36.3 Å². The van der Waals surface area contributed by atoms with Gasteiger partial charge in [-0.1, -0.05) is 33.8 Å². The molecule has 218 valence electrons. The van der Waals surface area contributed by atoms with E-state index in [9.17, 15) is 38.1 Å². The van der Waals surface area contributed by atoms with Crippen LogP contribution in [-0.4, -0.2) is 56.5 Å². The molecule has 2 aliphatic rings. The summed E-state index contributed by atoms with van der Waals surface area (Å²) < 4.78 is 47.5. The van der Waals surface area contributed by atoms with Crippen molar-refractivity contribution in [2.45, 2.75) is 91.4 Å². The molecule has 0 aromatic carbocycles. The third kappa shape index (κ3) is 7.56. The number of hydrogen-bond acceptors (Lipinski definition) is 8. The molecule has 1 aliphatic carbocycles. The Kier molecular flexibility index (Phi) is 9.84. The van der Waals surface area contributed by atoms with Crippen molar-refractivity contribution in [3.63, 3.8) is 0 Å². The number of nitrogens with zero attached hydrogens (tertiary/aromatic N) is 1. The van der Waals surface area contributed by atoms with Crippen molar-refractivity contribution in [3.05, 3.63) is 33.3 Å². The number of ether oxygens (including phenoxy) is 1. The highest BCUT2D eigenvalue weighted by Gasteiger charge is 2.49. The predicted molar refractivity (Wildman–Crippen MR) is 140 cm³/mol. The summed E-state index contributed by atoms with van der Waals surface area (Å²) in [6, 6.07) is 0. The molecule has 3 rings (SSSR count). The molecule has 0 spiro atoms. The van der Waals surface area contributed by atoms with E-state index in [4.69, 9.17) is 4.74 Å². The number of thiazole rings is 1. The smallest absolute Gasteiger partial charge is 0.412 e. The number of fused-ring (bicyclic) bond motifs is 1. The molecular formula is C28H38F3NO6S. The topological polar surface area (TPSA) is 117 Å². The molecule has 0 amide bonds. The number of aromatic nitrogens is 1. The molecule has 1 aromatic heterocycles. The Bertz CT molecular complexity index is 1110. The van der Waals surface area contributed by atoms with Gasteiger partial charge in [-0.15, -0.1) is 11.3 Å². The number of carbonyl (C=O) groups excluding carboxylic acids is 2. The molecule has 7 atom stereocenters. The molecule has 1 saturated carbocycles. The summed E-state index contributed by atoms with van der Waals surface area (Å²) >= 11 is 1.22. The number of esters is 1. The quantitative estimate of drug-likeness (QED) is 0.350. The first-order valence-electron chi connectivity index (χ1n) is 13.2. The summed E-state index contributed by atoms with van der Waals surface area (Å²) in [6.07, 6.45) is -6.04. The minimum absolute atomic E-state index is 0.164. The van der Waals surface area contributed by atoms with E-state index in [1.165, 1.54) is 25.2 Å². The average Bonchev–Trinajstić information content (AvgIpc) is 3.49. The van der Waals surface area contributed by atoms with Crippen LogP contribution < -0.4 is 0 Å². The Morgan fingerprint density at radius 2 is 1.90 bits per heavy atom. The van der Waals surface area contributed by atoms with E-state index in [2.05, 4.69) is 4.98 Å². The van der Waals surface area contributed by atoms with Gasteiger partial charge in [0, 0.05) is 23.3 Å². The number of cyclic esters (lactones) is 1. The van der Waals surface area contributed by atoms with Gasteiger partial charge in [0.1, 0.15) is 16.9 Å². The fraction of sp³-hybridized carbons (Fsp3) is 0.679. The van der Waals surface area contributed by atoms with Crippen molar-refractivity contribution in [1.82, 2.24) is 4.98 Å². The number of rotatable bonds is 3. The molecule has 11 heteroatoms. The fourth-order valence-corrected chi connectivity index (χ4v) is 5.96. The van der Waals surface area contributed by atoms with Gasteiger partial charge >= 0.3 is 12.1 Å². The van der Waals surface area contributed by atoms with E-state index in [1.54, 1.807) is 32.2 Å². The van der Waals surface area contributed by atoms with Crippen molar-refractivity contribution in [2.24, 2.45) is 29.1 Å². The van der Waals surface area contributed by atoms with Crippen LogP contribution in [0.3, 0.4) is 0 Å². The fourth-order valence-electron chi connectivity index (χ4n) is 5.35. The van der Waals surface area contributed by atoms with Crippen molar-refractivity contribution in [2.75, 3.05) is 0 Å². The highest BCUT2D eigenvalue weighted by Crippen LogP contribution is 2.51. The summed E-state index contributed by atoms with van der Waals surface area (Å²) in [5.41, 5.74) is -1.18. The van der Waals surface area contributed by atoms with E-state index < -0.39 is 65.5 Å². The Morgan fingerprint density at radius 3 is 2.49 bits per heavy atom. The number of aliphatic hydroxyl groups is 3. The van der Waals surface area contributed by atoms with Crippen molar-refractivity contribution in [3.8, 4) is 0 Å². The molecule has 3 N–H and O–H groups in total. The molecule has 0 saturated heterocycles. The zero-order chi connectivity index (χ0) is 29.3. The third-order valence-electron chi connectivity index (χ3n) is 8.23. The number of Topliss-reactive ketones (excluding diaryl/α,β-unsaturated/α-hetero) is 1. The van der Waals surface area contributed by atoms with E-state index in [0.717, 1.165) is 6.08 Å². The lowest BCUT2D eigenvalue weighted by molar-refractivity contribution is -0.154. The van der Waals surface area contributed by atoms with E-state index in [1.807, 2.05) is 0 Å². The number of ketones is 1. The second-order valence-corrected chi connectivity index (χ2v) is 12.4. The maximum absolute atomic E-state index is 14.0. The molecule has 1 aromatic rings. The molecule has 0 radical (unpaired) electrons. The molecule has 0 bridgehead atoms. The standard InChI is InChI=1S/C28H38F3NO6S/c1-14(8-19-13-39-23(12-33)32-19)21-7-6-18(28(29,30)31)9-17-10-20(17)15(2)25(36)16(3)26(37)27(4,5)22(34)11-24(35)38-21/h6,8,13,15-17,20-22,25,33-34,36H,7,9-12H2,1-5H3/b14-8?,18-6+/t15-,16-,17?,20?,21-,22+,25+/m1/s1. The number of hydrogen-bond donors (Lipinski definition) is 3. The van der Waals surface area contributed by atoms with Crippen molar-refractivity contribution in [1.29, 1.82) is 0 Å². The van der Waals surface area contributed by atoms with Crippen LogP contribution >= 0.6 is 11.3 Å². The number of aliphatic hydroxyl groups excluding tert-OH is 3. The van der Waals surface area contributed by atoms with Crippen LogP contribution in [0.1, 0.15) is 71.0 Å². The summed E-state index contributed by atoms with van der Waals surface area (Å²) in [5, 5.41) is 33.2. The van der Waals surface area contributed by atoms with Crippen LogP contribution in [-0.2, 0) is 20.9 Å². The number of carbonyl (C=O) groups is 2. The minimum Gasteiger partial charge on any atom is -0.457 e. The third-order valence-corrected chi connectivity index (χ3v) is 9.08. The van der Waals surface area contributed by atoms with E-state index in [0.29, 0.717) is 22.7 Å². The highest BCUT2D eigenvalue weighted by atomic mass is 32.1. The Labute approximate surface area is 230 Å². The van der Waals surface area contributed by atoms with Crippen molar-refractivity contribution >= 4 is 29.2 Å². The van der Waals surface area contributed by atoms with Crippen LogP contribution in [0.2, 0.25) is 0 Å². The van der Waals surface area contributed by atoms with Gasteiger partial charge in [-0.05, 0) is 49.2 Å². The molecule has 7 nitrogen and oxygen atoms in total. The maximum Gasteiger partial charge on any atom is 0.412 e. The molecular weight excluding hydrogens is 535 g/mol. The van der Waals surface area contributed by atoms with Gasteiger partial charge < -0.3 is 20.1 Å². The summed E-state index contributed by atoms with van der Waals surface area (Å²) in [6.45, 7) is 7.66. The van der Waals surface area contributed by atoms with Gasteiger partial charge in [0.15, 0.2) is 0 Å². The Hall–Kier alpha value is -2.08. The van der Waals surface area contributed by atoms with Crippen LogP contribution in [0, 0.1) is 29.1 Å². The monoisotopic (exact) mass is 573 g/mol. The van der Waals surface area contributed by atoms with Gasteiger partial charge in [0.2, 0.25) is 0 Å². The van der Waals surface area contributed by atoms with E-state index in [-0.39, 0.29) is 31.3 Å². The average molecular weight is 574 g/mol. The van der Waals surface area contributed by atoms with Crippen molar-refractivity contribution < 1.29 is 42.8 Å². The first kappa shape index (κ1) is 31.4. The van der Waals surface area contributed by atoms with Crippen LogP contribution in [0.15, 0.2) is 22.6 Å². The van der Waals surface area contributed by atoms with Crippen LogP contribution in [0.4, 0.5) is 13.2 Å². The highest BCUT2D eigenvalue weighted by molar-refractivity contribution is 7.09.